The van der Waals surface area contributed by atoms with Crippen LogP contribution in [-0.4, -0.2) is 45.8 Å². The highest BCUT2D eigenvalue weighted by atomic mass is 32.2. The van der Waals surface area contributed by atoms with E-state index < -0.39 is 10.0 Å². The second kappa shape index (κ2) is 7.70. The van der Waals surface area contributed by atoms with Crippen molar-refractivity contribution in [3.63, 3.8) is 0 Å². The van der Waals surface area contributed by atoms with E-state index in [-0.39, 0.29) is 17.3 Å². The van der Waals surface area contributed by atoms with Gasteiger partial charge in [0.25, 0.3) is 0 Å². The second-order valence-corrected chi connectivity index (χ2v) is 9.09. The topological polar surface area (TPSA) is 69.7 Å². The molecule has 1 aliphatic rings. The van der Waals surface area contributed by atoms with E-state index in [4.69, 9.17) is 0 Å². The quantitative estimate of drug-likeness (QED) is 0.856. The number of anilines is 2. The second-order valence-electron chi connectivity index (χ2n) is 6.97. The Kier molecular flexibility index (Phi) is 5.53. The summed E-state index contributed by atoms with van der Waals surface area (Å²) in [5.41, 5.74) is 3.48. The number of carbonyl (C=O) groups excluding carboxylic acids is 1. The molecule has 1 heterocycles. The third-order valence-corrected chi connectivity index (χ3v) is 6.73. The van der Waals surface area contributed by atoms with Crippen molar-refractivity contribution in [2.45, 2.75) is 24.7 Å². The smallest absolute Gasteiger partial charge is 0.243 e. The maximum absolute atomic E-state index is 12.6. The van der Waals surface area contributed by atoms with Crippen LogP contribution in [0.4, 0.5) is 11.4 Å². The molecule has 1 aliphatic heterocycles. The minimum atomic E-state index is -3.56. The molecule has 0 atom stereocenters. The van der Waals surface area contributed by atoms with Gasteiger partial charge in [-0.1, -0.05) is 24.3 Å². The first-order chi connectivity index (χ1) is 12.8. The van der Waals surface area contributed by atoms with Gasteiger partial charge in [-0.3, -0.25) is 4.79 Å². The van der Waals surface area contributed by atoms with Crippen LogP contribution in [0.1, 0.15) is 17.5 Å². The van der Waals surface area contributed by atoms with Gasteiger partial charge in [0.2, 0.25) is 15.9 Å². The molecule has 1 amide bonds. The van der Waals surface area contributed by atoms with Gasteiger partial charge in [-0.25, -0.2) is 12.7 Å². The van der Waals surface area contributed by atoms with Crippen molar-refractivity contribution in [1.29, 1.82) is 0 Å². The maximum Gasteiger partial charge on any atom is 0.243 e. The van der Waals surface area contributed by atoms with Crippen LogP contribution in [0.25, 0.3) is 0 Å². The van der Waals surface area contributed by atoms with Gasteiger partial charge in [0, 0.05) is 32.0 Å². The van der Waals surface area contributed by atoms with Crippen LogP contribution in [0, 0.1) is 6.92 Å². The molecule has 0 aliphatic carbocycles. The molecule has 0 unspecified atom stereocenters. The first-order valence-electron chi connectivity index (χ1n) is 8.95. The summed E-state index contributed by atoms with van der Waals surface area (Å²) < 4.78 is 26.1. The van der Waals surface area contributed by atoms with Gasteiger partial charge in [-0.15, -0.1) is 0 Å². The summed E-state index contributed by atoms with van der Waals surface area (Å²) in [6.07, 6.45) is 2.04. The lowest BCUT2D eigenvalue weighted by atomic mass is 10.0. The zero-order chi connectivity index (χ0) is 19.6. The minimum Gasteiger partial charge on any atom is -0.362 e. The lowest BCUT2D eigenvalue weighted by Crippen LogP contribution is -2.36. The van der Waals surface area contributed by atoms with Crippen molar-refractivity contribution >= 4 is 27.3 Å². The number of aryl methyl sites for hydroxylation is 2. The van der Waals surface area contributed by atoms with Crippen LogP contribution in [0.5, 0.6) is 0 Å². The monoisotopic (exact) mass is 387 g/mol. The summed E-state index contributed by atoms with van der Waals surface area (Å²) in [5, 5.41) is 2.84. The third-order valence-electron chi connectivity index (χ3n) is 4.77. The Labute approximate surface area is 160 Å². The van der Waals surface area contributed by atoms with E-state index in [1.807, 2.05) is 18.2 Å². The van der Waals surface area contributed by atoms with Crippen molar-refractivity contribution in [2.24, 2.45) is 0 Å². The number of benzene rings is 2. The lowest BCUT2D eigenvalue weighted by Gasteiger charge is -2.30. The molecular formula is C20H25N3O3S. The summed E-state index contributed by atoms with van der Waals surface area (Å²) >= 11 is 0. The standard InChI is InChI=1S/C20H25N3O3S/c1-15-10-11-17(13-19(15)27(25,26)22(2)3)21-20(24)14-23-12-6-8-16-7-4-5-9-18(16)23/h4-5,7,9-11,13H,6,8,12,14H2,1-3H3,(H,21,24). The Morgan fingerprint density at radius 2 is 1.93 bits per heavy atom. The molecular weight excluding hydrogens is 362 g/mol. The summed E-state index contributed by atoms with van der Waals surface area (Å²) in [4.78, 5) is 14.8. The van der Waals surface area contributed by atoms with Crippen LogP contribution in [-0.2, 0) is 21.2 Å². The minimum absolute atomic E-state index is 0.163. The zero-order valence-corrected chi connectivity index (χ0v) is 16.7. The normalized spacial score (nSPS) is 14.1. The molecule has 27 heavy (non-hydrogen) atoms. The van der Waals surface area contributed by atoms with Gasteiger partial charge in [0.15, 0.2) is 0 Å². The molecule has 0 saturated carbocycles. The van der Waals surface area contributed by atoms with E-state index in [9.17, 15) is 13.2 Å². The fraction of sp³-hybridized carbons (Fsp3) is 0.350. The SMILES string of the molecule is Cc1ccc(NC(=O)CN2CCCc3ccccc32)cc1S(=O)(=O)N(C)C. The predicted molar refractivity (Wildman–Crippen MR) is 108 cm³/mol. The van der Waals surface area contributed by atoms with Crippen LogP contribution >= 0.6 is 0 Å². The third kappa shape index (κ3) is 4.14. The van der Waals surface area contributed by atoms with Crippen molar-refractivity contribution in [3.8, 4) is 0 Å². The maximum atomic E-state index is 12.6. The number of fused-ring (bicyclic) bond motifs is 1. The van der Waals surface area contributed by atoms with Crippen molar-refractivity contribution in [3.05, 3.63) is 53.6 Å². The number of nitrogens with one attached hydrogen (secondary N) is 1. The van der Waals surface area contributed by atoms with Crippen molar-refractivity contribution < 1.29 is 13.2 Å². The number of sulfonamides is 1. The van der Waals surface area contributed by atoms with Crippen molar-refractivity contribution in [2.75, 3.05) is 37.4 Å². The molecule has 0 fully saturated rings. The van der Waals surface area contributed by atoms with Gasteiger partial charge in [-0.05, 0) is 49.1 Å². The number of rotatable bonds is 5. The summed E-state index contributed by atoms with van der Waals surface area (Å²) in [5.74, 6) is -0.163. The summed E-state index contributed by atoms with van der Waals surface area (Å²) in [7, 11) is -0.574. The van der Waals surface area contributed by atoms with Gasteiger partial charge >= 0.3 is 0 Å². The average Bonchev–Trinajstić information content (AvgIpc) is 2.63. The summed E-state index contributed by atoms with van der Waals surface area (Å²) in [6.45, 7) is 2.81. The molecule has 0 bridgehead atoms. The molecule has 3 rings (SSSR count). The zero-order valence-electron chi connectivity index (χ0n) is 15.9. The lowest BCUT2D eigenvalue weighted by molar-refractivity contribution is -0.115. The molecule has 144 valence electrons. The highest BCUT2D eigenvalue weighted by molar-refractivity contribution is 7.89. The highest BCUT2D eigenvalue weighted by Crippen LogP contribution is 2.27. The molecule has 0 saturated heterocycles. The van der Waals surface area contributed by atoms with E-state index in [1.54, 1.807) is 19.1 Å². The average molecular weight is 388 g/mol. The van der Waals surface area contributed by atoms with E-state index in [0.29, 0.717) is 11.3 Å². The van der Waals surface area contributed by atoms with E-state index in [1.165, 1.54) is 30.0 Å². The fourth-order valence-corrected chi connectivity index (χ4v) is 4.45. The summed E-state index contributed by atoms with van der Waals surface area (Å²) in [6, 6.07) is 13.1. The Balaban J connectivity index is 1.76. The number of carbonyl (C=O) groups is 1. The molecule has 2 aromatic carbocycles. The van der Waals surface area contributed by atoms with Crippen LogP contribution < -0.4 is 10.2 Å². The van der Waals surface area contributed by atoms with Crippen LogP contribution in [0.3, 0.4) is 0 Å². The van der Waals surface area contributed by atoms with E-state index in [2.05, 4.69) is 16.3 Å². The number of hydrogen-bond donors (Lipinski definition) is 1. The Morgan fingerprint density at radius 1 is 1.19 bits per heavy atom. The predicted octanol–water partition coefficient (Wildman–Crippen LogP) is 2.64. The highest BCUT2D eigenvalue weighted by Gasteiger charge is 2.22. The van der Waals surface area contributed by atoms with Gasteiger partial charge in [0.1, 0.15) is 0 Å². The van der Waals surface area contributed by atoms with Crippen LogP contribution in [0.15, 0.2) is 47.4 Å². The molecule has 7 heteroatoms. The van der Waals surface area contributed by atoms with Gasteiger partial charge < -0.3 is 10.2 Å². The largest absolute Gasteiger partial charge is 0.362 e. The Bertz CT molecular complexity index is 955. The van der Waals surface area contributed by atoms with Crippen LogP contribution in [0.2, 0.25) is 0 Å². The molecule has 6 nitrogen and oxygen atoms in total. The Morgan fingerprint density at radius 3 is 2.67 bits per heavy atom. The first-order valence-corrected chi connectivity index (χ1v) is 10.4. The van der Waals surface area contributed by atoms with E-state index >= 15 is 0 Å². The van der Waals surface area contributed by atoms with Gasteiger partial charge in [0.05, 0.1) is 11.4 Å². The molecule has 0 spiro atoms. The molecule has 2 aromatic rings. The number of para-hydroxylation sites is 1. The fourth-order valence-electron chi connectivity index (χ4n) is 3.30. The number of hydrogen-bond acceptors (Lipinski definition) is 4. The first kappa shape index (κ1) is 19.4. The number of amides is 1. The van der Waals surface area contributed by atoms with Crippen molar-refractivity contribution in [1.82, 2.24) is 4.31 Å². The molecule has 1 N–H and O–H groups in total. The number of nitrogens with zero attached hydrogens (tertiary/aromatic N) is 2. The Hall–Kier alpha value is -2.38. The van der Waals surface area contributed by atoms with E-state index in [0.717, 1.165) is 25.1 Å². The molecule has 0 radical (unpaired) electrons. The molecule has 0 aromatic heterocycles. The van der Waals surface area contributed by atoms with Gasteiger partial charge in [-0.2, -0.15) is 0 Å².